The first kappa shape index (κ1) is 19.5. The maximum absolute atomic E-state index is 12.4. The topological polar surface area (TPSA) is 58.6 Å². The highest BCUT2D eigenvalue weighted by Crippen LogP contribution is 2.27. The van der Waals surface area contributed by atoms with Gasteiger partial charge in [0.05, 0.1) is 17.2 Å². The number of rotatable bonds is 6. The van der Waals surface area contributed by atoms with E-state index < -0.39 is 0 Å². The fourth-order valence-corrected chi connectivity index (χ4v) is 3.44. The molecule has 142 valence electrons. The zero-order valence-electron chi connectivity index (χ0n) is 14.9. The number of carbonyl (C=O) groups excluding carboxylic acids is 2. The molecular weight excluding hydrogens is 387 g/mol. The van der Waals surface area contributed by atoms with Crippen LogP contribution in [-0.4, -0.2) is 31.5 Å². The number of anilines is 1. The summed E-state index contributed by atoms with van der Waals surface area (Å²) in [6, 6.07) is 12.2. The lowest BCUT2D eigenvalue weighted by Gasteiger charge is -2.17. The monoisotopic (exact) mass is 406 g/mol. The molecule has 0 radical (unpaired) electrons. The predicted molar refractivity (Wildman–Crippen MR) is 107 cm³/mol. The van der Waals surface area contributed by atoms with Crippen molar-refractivity contribution in [2.75, 3.05) is 24.6 Å². The van der Waals surface area contributed by atoms with Gasteiger partial charge >= 0.3 is 0 Å². The number of hydrogen-bond donors (Lipinski definition) is 1. The first-order valence-electron chi connectivity index (χ1n) is 8.74. The van der Waals surface area contributed by atoms with E-state index in [1.165, 1.54) is 6.07 Å². The van der Waals surface area contributed by atoms with Gasteiger partial charge in [-0.1, -0.05) is 23.2 Å². The Morgan fingerprint density at radius 1 is 1.22 bits per heavy atom. The average Bonchev–Trinajstić information content (AvgIpc) is 3.03. The van der Waals surface area contributed by atoms with Crippen LogP contribution in [0, 0.1) is 5.92 Å². The molecule has 1 unspecified atom stereocenters. The molecule has 1 heterocycles. The summed E-state index contributed by atoms with van der Waals surface area (Å²) in [7, 11) is 0. The number of nitrogens with one attached hydrogen (secondary N) is 1. The predicted octanol–water partition coefficient (Wildman–Crippen LogP) is 4.18. The molecule has 7 heteroatoms. The first-order valence-corrected chi connectivity index (χ1v) is 9.50. The van der Waals surface area contributed by atoms with Gasteiger partial charge in [-0.05, 0) is 49.4 Å². The van der Waals surface area contributed by atoms with Gasteiger partial charge in [0.1, 0.15) is 5.75 Å². The average molecular weight is 407 g/mol. The second-order valence-corrected chi connectivity index (χ2v) is 7.18. The quantitative estimate of drug-likeness (QED) is 0.782. The second kappa shape index (κ2) is 8.63. The molecule has 1 atom stereocenters. The largest absolute Gasteiger partial charge is 0.494 e. The molecule has 0 aromatic heterocycles. The summed E-state index contributed by atoms with van der Waals surface area (Å²) >= 11 is 12.0. The Morgan fingerprint density at radius 3 is 2.67 bits per heavy atom. The normalized spacial score (nSPS) is 16.5. The number of halogens is 2. The van der Waals surface area contributed by atoms with Crippen LogP contribution in [0.5, 0.6) is 5.75 Å². The van der Waals surface area contributed by atoms with Crippen LogP contribution in [0.4, 0.5) is 5.69 Å². The van der Waals surface area contributed by atoms with Crippen molar-refractivity contribution in [3.05, 3.63) is 58.1 Å². The Kier molecular flexibility index (Phi) is 6.24. The molecule has 5 nitrogen and oxygen atoms in total. The number of carbonyl (C=O) groups is 2. The summed E-state index contributed by atoms with van der Waals surface area (Å²) in [5.74, 6) is 0.551. The van der Waals surface area contributed by atoms with Crippen LogP contribution in [0.3, 0.4) is 0 Å². The van der Waals surface area contributed by atoms with Gasteiger partial charge in [-0.2, -0.15) is 0 Å². The molecular formula is C20H20Cl2N2O3. The fourth-order valence-electron chi connectivity index (χ4n) is 3.06. The van der Waals surface area contributed by atoms with E-state index in [9.17, 15) is 9.59 Å². The van der Waals surface area contributed by atoms with Crippen molar-refractivity contribution in [2.24, 2.45) is 5.92 Å². The van der Waals surface area contributed by atoms with Crippen molar-refractivity contribution in [3.63, 3.8) is 0 Å². The molecule has 0 saturated carbocycles. The van der Waals surface area contributed by atoms with Crippen LogP contribution < -0.4 is 15.0 Å². The van der Waals surface area contributed by atoms with Gasteiger partial charge in [0.15, 0.2) is 0 Å². The van der Waals surface area contributed by atoms with Crippen molar-refractivity contribution in [3.8, 4) is 5.75 Å². The lowest BCUT2D eigenvalue weighted by Crippen LogP contribution is -2.31. The van der Waals surface area contributed by atoms with Gasteiger partial charge in [-0.15, -0.1) is 0 Å². The highest BCUT2D eigenvalue weighted by atomic mass is 35.5. The van der Waals surface area contributed by atoms with E-state index in [4.69, 9.17) is 27.9 Å². The van der Waals surface area contributed by atoms with Crippen molar-refractivity contribution in [1.29, 1.82) is 0 Å². The summed E-state index contributed by atoms with van der Waals surface area (Å²) in [5, 5.41) is 3.64. The van der Waals surface area contributed by atoms with Gasteiger partial charge < -0.3 is 15.0 Å². The maximum atomic E-state index is 12.4. The van der Waals surface area contributed by atoms with Crippen molar-refractivity contribution >= 4 is 40.7 Å². The molecule has 0 bridgehead atoms. The number of hydrogen-bond acceptors (Lipinski definition) is 3. The van der Waals surface area contributed by atoms with Crippen molar-refractivity contribution in [2.45, 2.75) is 13.3 Å². The molecule has 1 aliphatic heterocycles. The van der Waals surface area contributed by atoms with E-state index in [-0.39, 0.29) is 17.7 Å². The van der Waals surface area contributed by atoms with E-state index in [0.29, 0.717) is 41.7 Å². The molecule has 0 spiro atoms. The standard InChI is InChI=1S/C20H20Cl2N2O3/c1-2-27-16-6-4-15(5-7-16)24-12-13(9-19(24)25)11-23-20(26)17-10-14(21)3-8-18(17)22/h3-8,10,13H,2,9,11-12H2,1H3,(H,23,26). The van der Waals surface area contributed by atoms with E-state index in [2.05, 4.69) is 5.32 Å². The van der Waals surface area contributed by atoms with Crippen molar-refractivity contribution in [1.82, 2.24) is 5.32 Å². The highest BCUT2D eigenvalue weighted by Gasteiger charge is 2.31. The molecule has 0 aliphatic carbocycles. The summed E-state index contributed by atoms with van der Waals surface area (Å²) in [6.45, 7) is 3.46. The van der Waals surface area contributed by atoms with Gasteiger partial charge in [0.25, 0.3) is 5.91 Å². The number of benzene rings is 2. The molecule has 3 rings (SSSR count). The molecule has 1 aliphatic rings. The van der Waals surface area contributed by atoms with Crippen LogP contribution in [0.1, 0.15) is 23.7 Å². The van der Waals surface area contributed by atoms with Crippen LogP contribution in [0.2, 0.25) is 10.0 Å². The van der Waals surface area contributed by atoms with Gasteiger partial charge in [0.2, 0.25) is 5.91 Å². The van der Waals surface area contributed by atoms with Crippen LogP contribution in [0.25, 0.3) is 0 Å². The lowest BCUT2D eigenvalue weighted by molar-refractivity contribution is -0.117. The Morgan fingerprint density at radius 2 is 1.96 bits per heavy atom. The van der Waals surface area contributed by atoms with Gasteiger partial charge in [-0.25, -0.2) is 0 Å². The minimum atomic E-state index is -0.297. The zero-order valence-corrected chi connectivity index (χ0v) is 16.4. The lowest BCUT2D eigenvalue weighted by atomic mass is 10.1. The Balaban J connectivity index is 1.59. The molecule has 1 N–H and O–H groups in total. The third-order valence-electron chi connectivity index (χ3n) is 4.39. The van der Waals surface area contributed by atoms with Gasteiger partial charge in [-0.3, -0.25) is 9.59 Å². The molecule has 2 amide bonds. The highest BCUT2D eigenvalue weighted by molar-refractivity contribution is 6.35. The third kappa shape index (κ3) is 4.73. The van der Waals surface area contributed by atoms with Crippen LogP contribution in [-0.2, 0) is 4.79 Å². The Labute approximate surface area is 168 Å². The second-order valence-electron chi connectivity index (χ2n) is 6.34. The van der Waals surface area contributed by atoms with Crippen LogP contribution in [0.15, 0.2) is 42.5 Å². The fraction of sp³-hybridized carbons (Fsp3) is 0.300. The van der Waals surface area contributed by atoms with Crippen molar-refractivity contribution < 1.29 is 14.3 Å². The number of amides is 2. The van der Waals surface area contributed by atoms with Gasteiger partial charge in [0, 0.05) is 36.1 Å². The zero-order chi connectivity index (χ0) is 19.4. The molecule has 2 aromatic carbocycles. The Bertz CT molecular complexity index is 840. The smallest absolute Gasteiger partial charge is 0.252 e. The van der Waals surface area contributed by atoms with E-state index in [0.717, 1.165) is 11.4 Å². The van der Waals surface area contributed by atoms with E-state index in [1.807, 2.05) is 31.2 Å². The van der Waals surface area contributed by atoms with E-state index in [1.54, 1.807) is 17.0 Å². The molecule has 2 aromatic rings. The SMILES string of the molecule is CCOc1ccc(N2CC(CNC(=O)c3cc(Cl)ccc3Cl)CC2=O)cc1. The summed E-state index contributed by atoms with van der Waals surface area (Å²) in [6.07, 6.45) is 0.386. The molecule has 1 saturated heterocycles. The summed E-state index contributed by atoms with van der Waals surface area (Å²) < 4.78 is 5.43. The molecule has 1 fully saturated rings. The third-order valence-corrected chi connectivity index (χ3v) is 4.95. The Hall–Kier alpha value is -2.24. The number of ether oxygens (including phenoxy) is 1. The molecule has 27 heavy (non-hydrogen) atoms. The first-order chi connectivity index (χ1) is 13.0. The minimum absolute atomic E-state index is 0.0333. The summed E-state index contributed by atoms with van der Waals surface area (Å²) in [5.41, 5.74) is 1.16. The number of nitrogens with zero attached hydrogens (tertiary/aromatic N) is 1. The maximum Gasteiger partial charge on any atom is 0.252 e. The minimum Gasteiger partial charge on any atom is -0.494 e. The summed E-state index contributed by atoms with van der Waals surface area (Å²) in [4.78, 5) is 26.4. The van der Waals surface area contributed by atoms with E-state index >= 15 is 0 Å². The van der Waals surface area contributed by atoms with Crippen LogP contribution >= 0.6 is 23.2 Å².